The quantitative estimate of drug-likeness (QED) is 0.697. The summed E-state index contributed by atoms with van der Waals surface area (Å²) >= 11 is 0. The second kappa shape index (κ2) is 8.25. The van der Waals surface area contributed by atoms with Crippen LogP contribution in [0.4, 0.5) is 5.95 Å². The molecule has 0 saturated heterocycles. The molecule has 1 fully saturated rings. The topological polar surface area (TPSA) is 111 Å². The molecule has 0 spiro atoms. The SMILES string of the molecule is CN(C(=O)CCCOc1ccc2nc3n(c(=O)c2c1)CS(=O)(=O)N3)C1CCCCC1. The third-order valence-electron chi connectivity index (χ3n) is 5.79. The Morgan fingerprint density at radius 1 is 1.30 bits per heavy atom. The van der Waals surface area contributed by atoms with Crippen LogP contribution in [0.1, 0.15) is 44.9 Å². The third-order valence-corrected chi connectivity index (χ3v) is 6.88. The zero-order valence-electron chi connectivity index (χ0n) is 17.0. The molecule has 0 radical (unpaired) electrons. The highest BCUT2D eigenvalue weighted by Gasteiger charge is 2.27. The third kappa shape index (κ3) is 4.28. The van der Waals surface area contributed by atoms with Crippen LogP contribution in [0.15, 0.2) is 23.0 Å². The fourth-order valence-electron chi connectivity index (χ4n) is 4.09. The second-order valence-corrected chi connectivity index (χ2v) is 9.63. The average molecular weight is 435 g/mol. The minimum Gasteiger partial charge on any atom is -0.494 e. The van der Waals surface area contributed by atoms with Crippen LogP contribution in [0.5, 0.6) is 5.75 Å². The van der Waals surface area contributed by atoms with E-state index in [-0.39, 0.29) is 11.9 Å². The number of amides is 1. The number of fused-ring (bicyclic) bond motifs is 2. The van der Waals surface area contributed by atoms with Crippen molar-refractivity contribution < 1.29 is 17.9 Å². The van der Waals surface area contributed by atoms with Crippen LogP contribution >= 0.6 is 0 Å². The van der Waals surface area contributed by atoms with Crippen molar-refractivity contribution in [2.24, 2.45) is 0 Å². The Bertz CT molecular complexity index is 1120. The van der Waals surface area contributed by atoms with Gasteiger partial charge in [-0.25, -0.2) is 13.4 Å². The minimum atomic E-state index is -3.57. The van der Waals surface area contributed by atoms with Gasteiger partial charge in [-0.3, -0.25) is 18.9 Å². The zero-order valence-corrected chi connectivity index (χ0v) is 17.8. The lowest BCUT2D eigenvalue weighted by Gasteiger charge is -2.31. The first-order valence-electron chi connectivity index (χ1n) is 10.3. The molecule has 1 saturated carbocycles. The molecule has 0 atom stereocenters. The van der Waals surface area contributed by atoms with Crippen LogP contribution in [0.3, 0.4) is 0 Å². The predicted octanol–water partition coefficient (Wildman–Crippen LogP) is 2.06. The molecule has 1 aromatic heterocycles. The first-order valence-corrected chi connectivity index (χ1v) is 11.9. The Kier molecular flexibility index (Phi) is 5.68. The Hall–Kier alpha value is -2.62. The fourth-order valence-corrected chi connectivity index (χ4v) is 5.17. The van der Waals surface area contributed by atoms with E-state index in [9.17, 15) is 18.0 Å². The van der Waals surface area contributed by atoms with Crippen molar-refractivity contribution in [3.05, 3.63) is 28.6 Å². The summed E-state index contributed by atoms with van der Waals surface area (Å²) in [5.41, 5.74) is -0.0363. The number of nitrogens with one attached hydrogen (secondary N) is 1. The van der Waals surface area contributed by atoms with Crippen molar-refractivity contribution in [1.29, 1.82) is 0 Å². The average Bonchev–Trinajstić information content (AvgIpc) is 3.06. The van der Waals surface area contributed by atoms with E-state index in [1.807, 2.05) is 11.9 Å². The zero-order chi connectivity index (χ0) is 21.3. The lowest BCUT2D eigenvalue weighted by molar-refractivity contribution is -0.132. The van der Waals surface area contributed by atoms with Gasteiger partial charge in [0.2, 0.25) is 11.9 Å². The lowest BCUT2D eigenvalue weighted by atomic mass is 9.94. The van der Waals surface area contributed by atoms with Gasteiger partial charge in [0.1, 0.15) is 5.75 Å². The highest BCUT2D eigenvalue weighted by Crippen LogP contribution is 2.23. The number of aromatic nitrogens is 2. The number of sulfonamides is 1. The molecule has 30 heavy (non-hydrogen) atoms. The first kappa shape index (κ1) is 20.6. The maximum atomic E-state index is 12.6. The fraction of sp³-hybridized carbons (Fsp3) is 0.550. The number of rotatable bonds is 6. The summed E-state index contributed by atoms with van der Waals surface area (Å²) in [6.45, 7) is 0.353. The number of carbonyl (C=O) groups excluding carboxylic acids is 1. The number of ether oxygens (including phenoxy) is 1. The van der Waals surface area contributed by atoms with E-state index in [1.54, 1.807) is 18.2 Å². The molecule has 0 unspecified atom stereocenters. The maximum Gasteiger partial charge on any atom is 0.263 e. The van der Waals surface area contributed by atoms with Gasteiger partial charge in [0.05, 0.1) is 17.5 Å². The van der Waals surface area contributed by atoms with E-state index < -0.39 is 21.5 Å². The van der Waals surface area contributed by atoms with Crippen LogP contribution < -0.4 is 15.0 Å². The van der Waals surface area contributed by atoms with Crippen LogP contribution in [0.25, 0.3) is 10.9 Å². The van der Waals surface area contributed by atoms with Crippen LogP contribution in [0.2, 0.25) is 0 Å². The minimum absolute atomic E-state index is 0.0294. The van der Waals surface area contributed by atoms with E-state index >= 15 is 0 Å². The van der Waals surface area contributed by atoms with Crippen molar-refractivity contribution in [3.8, 4) is 5.75 Å². The molecule has 10 heteroatoms. The Labute approximate surface area is 175 Å². The maximum absolute atomic E-state index is 12.6. The number of anilines is 1. The molecule has 2 heterocycles. The Morgan fingerprint density at radius 3 is 2.83 bits per heavy atom. The summed E-state index contributed by atoms with van der Waals surface area (Å²) in [6.07, 6.45) is 6.80. The summed E-state index contributed by atoms with van der Waals surface area (Å²) in [5, 5.41) is 0.295. The molecular weight excluding hydrogens is 408 g/mol. The van der Waals surface area contributed by atoms with Gasteiger partial charge in [-0.15, -0.1) is 0 Å². The van der Waals surface area contributed by atoms with Crippen LogP contribution in [0, 0.1) is 0 Å². The molecule has 4 rings (SSSR count). The van der Waals surface area contributed by atoms with Gasteiger partial charge in [0.25, 0.3) is 15.6 Å². The molecule has 1 aliphatic carbocycles. The summed E-state index contributed by atoms with van der Waals surface area (Å²) in [6, 6.07) is 5.24. The summed E-state index contributed by atoms with van der Waals surface area (Å²) in [7, 11) is -1.69. The molecule has 0 bridgehead atoms. The molecule has 2 aliphatic rings. The standard InChI is InChI=1S/C20H26N4O5S/c1-23(14-6-3-2-4-7-14)18(25)8-5-11-29-15-9-10-17-16(12-15)19(26)24-13-30(27,28)22-20(24)21-17/h9-10,12,14H,2-8,11,13H2,1H3,(H,21,22). The molecule has 2 aromatic rings. The molecule has 1 aromatic carbocycles. The normalized spacial score (nSPS) is 18.0. The molecule has 1 aliphatic heterocycles. The highest BCUT2D eigenvalue weighted by atomic mass is 32.2. The number of benzene rings is 1. The van der Waals surface area contributed by atoms with Crippen molar-refractivity contribution in [2.45, 2.75) is 56.9 Å². The van der Waals surface area contributed by atoms with Gasteiger partial charge in [0, 0.05) is 19.5 Å². The van der Waals surface area contributed by atoms with Gasteiger partial charge < -0.3 is 9.64 Å². The van der Waals surface area contributed by atoms with E-state index in [0.717, 1.165) is 17.4 Å². The van der Waals surface area contributed by atoms with Gasteiger partial charge in [-0.1, -0.05) is 19.3 Å². The first-order chi connectivity index (χ1) is 14.3. The molecule has 162 valence electrons. The van der Waals surface area contributed by atoms with Gasteiger partial charge in [0.15, 0.2) is 5.88 Å². The summed E-state index contributed by atoms with van der Waals surface area (Å²) < 4.78 is 32.5. The largest absolute Gasteiger partial charge is 0.494 e. The van der Waals surface area contributed by atoms with Crippen molar-refractivity contribution in [2.75, 3.05) is 18.4 Å². The highest BCUT2D eigenvalue weighted by molar-refractivity contribution is 7.92. The van der Waals surface area contributed by atoms with Gasteiger partial charge >= 0.3 is 0 Å². The second-order valence-electron chi connectivity index (χ2n) is 7.94. The number of hydrogen-bond donors (Lipinski definition) is 1. The molecule has 1 N–H and O–H groups in total. The number of nitrogens with zero attached hydrogens (tertiary/aromatic N) is 3. The summed E-state index contributed by atoms with van der Waals surface area (Å²) in [4.78, 5) is 31.1. The predicted molar refractivity (Wildman–Crippen MR) is 113 cm³/mol. The Balaban J connectivity index is 1.36. The van der Waals surface area contributed by atoms with Crippen molar-refractivity contribution >= 4 is 32.8 Å². The van der Waals surface area contributed by atoms with E-state index in [1.165, 1.54) is 19.3 Å². The lowest BCUT2D eigenvalue weighted by Crippen LogP contribution is -2.38. The van der Waals surface area contributed by atoms with E-state index in [2.05, 4.69) is 9.71 Å². The van der Waals surface area contributed by atoms with E-state index in [0.29, 0.717) is 42.1 Å². The summed E-state index contributed by atoms with van der Waals surface area (Å²) in [5.74, 6) is 0.215. The molecular formula is C20H26N4O5S. The van der Waals surface area contributed by atoms with Crippen LogP contribution in [-0.2, 0) is 20.7 Å². The van der Waals surface area contributed by atoms with Crippen molar-refractivity contribution in [1.82, 2.24) is 14.5 Å². The Morgan fingerprint density at radius 2 is 2.07 bits per heavy atom. The molecule has 1 amide bonds. The molecule has 9 nitrogen and oxygen atoms in total. The van der Waals surface area contributed by atoms with Crippen LogP contribution in [-0.4, -0.2) is 48.5 Å². The monoisotopic (exact) mass is 434 g/mol. The number of hydrogen-bond acceptors (Lipinski definition) is 6. The van der Waals surface area contributed by atoms with Gasteiger partial charge in [-0.05, 0) is 37.5 Å². The number of carbonyl (C=O) groups is 1. The smallest absolute Gasteiger partial charge is 0.263 e. The van der Waals surface area contributed by atoms with Gasteiger partial charge in [-0.2, -0.15) is 0 Å². The van der Waals surface area contributed by atoms with Crippen molar-refractivity contribution in [3.63, 3.8) is 0 Å². The van der Waals surface area contributed by atoms with E-state index in [4.69, 9.17) is 4.74 Å².